The Morgan fingerprint density at radius 1 is 1.10 bits per heavy atom. The molecule has 3 atom stereocenters. The van der Waals surface area contributed by atoms with Crippen molar-refractivity contribution in [2.45, 2.75) is 76.4 Å². The summed E-state index contributed by atoms with van der Waals surface area (Å²) in [7, 11) is -3.51. The number of hydrogen-bond donors (Lipinski definition) is 1. The molecule has 12 nitrogen and oxygen atoms in total. The first-order valence-electron chi connectivity index (χ1n) is 13.9. The number of para-hydroxylation sites is 1. The lowest BCUT2D eigenvalue weighted by molar-refractivity contribution is 0.172. The van der Waals surface area contributed by atoms with E-state index in [4.69, 9.17) is 18.6 Å². The number of aromatic nitrogens is 5. The van der Waals surface area contributed by atoms with Crippen molar-refractivity contribution in [1.29, 1.82) is 0 Å². The predicted molar refractivity (Wildman–Crippen MR) is 162 cm³/mol. The lowest BCUT2D eigenvalue weighted by atomic mass is 10.1. The van der Waals surface area contributed by atoms with Crippen molar-refractivity contribution in [3.63, 3.8) is 0 Å². The van der Waals surface area contributed by atoms with Crippen LogP contribution < -0.4 is 14.2 Å². The molecule has 0 saturated carbocycles. The normalized spacial score (nSPS) is 17.6. The Morgan fingerprint density at radius 3 is 2.24 bits per heavy atom. The molecule has 42 heavy (non-hydrogen) atoms. The van der Waals surface area contributed by atoms with Crippen LogP contribution in [-0.2, 0) is 19.2 Å². The number of sulfonamides is 1. The molecule has 1 aliphatic heterocycles. The van der Waals surface area contributed by atoms with E-state index in [9.17, 15) is 8.42 Å². The summed E-state index contributed by atoms with van der Waals surface area (Å²) >= 11 is 0. The fourth-order valence-electron chi connectivity index (χ4n) is 4.42. The SMILES string of the molecule is COc1cccc(OC)c1-n1c(NS(=O)(=O)C(C)C(O[Si](C)(C)C(C)(C)C)c2ncc(C)cn2)nnc1[C@H]1CCOC1. The summed E-state index contributed by atoms with van der Waals surface area (Å²) in [5.74, 6) is 1.68. The third kappa shape index (κ3) is 6.46. The minimum absolute atomic E-state index is 0.00227. The van der Waals surface area contributed by atoms with Crippen LogP contribution in [0.1, 0.15) is 63.3 Å². The van der Waals surface area contributed by atoms with E-state index in [1.54, 1.807) is 42.1 Å². The number of nitrogens with zero attached hydrogens (tertiary/aromatic N) is 5. The Hall–Kier alpha value is -3.07. The Labute approximate surface area is 249 Å². The zero-order chi connectivity index (χ0) is 30.9. The van der Waals surface area contributed by atoms with Gasteiger partial charge >= 0.3 is 0 Å². The van der Waals surface area contributed by atoms with Crippen molar-refractivity contribution in [3.05, 3.63) is 47.8 Å². The molecule has 3 heterocycles. The lowest BCUT2D eigenvalue weighted by Crippen LogP contribution is -2.45. The second-order valence-corrected chi connectivity index (χ2v) is 18.9. The third-order valence-corrected chi connectivity index (χ3v) is 14.2. The standard InChI is InChI=1S/C28H42N6O6SSi/c1-18-15-29-25(30-16-18)24(40-42(8,9)28(3,4)5)19(2)41(35,36)33-27-32-31-26(20-13-14-39-17-20)34(27)23-21(37-6)11-10-12-22(23)38-7/h10-12,15-16,19-20,24H,13-14,17H2,1-9H3,(H,32,33)/t19?,20-,24?/m0/s1. The van der Waals surface area contributed by atoms with Crippen LogP contribution in [0.5, 0.6) is 11.5 Å². The van der Waals surface area contributed by atoms with Crippen LogP contribution in [0.3, 0.4) is 0 Å². The van der Waals surface area contributed by atoms with E-state index < -0.39 is 29.7 Å². The summed E-state index contributed by atoms with van der Waals surface area (Å²) in [6, 6.07) is 5.33. The highest BCUT2D eigenvalue weighted by atomic mass is 32.2. The van der Waals surface area contributed by atoms with Gasteiger partial charge in [-0.25, -0.2) is 18.4 Å². The first-order chi connectivity index (χ1) is 19.7. The van der Waals surface area contributed by atoms with Gasteiger partial charge in [-0.1, -0.05) is 26.8 Å². The number of anilines is 1. The minimum atomic E-state index is -4.14. The molecule has 2 unspecified atom stereocenters. The zero-order valence-corrected chi connectivity index (χ0v) is 27.7. The van der Waals surface area contributed by atoms with Crippen LogP contribution in [0.2, 0.25) is 18.1 Å². The molecule has 3 aromatic rings. The Morgan fingerprint density at radius 2 is 1.71 bits per heavy atom. The van der Waals surface area contributed by atoms with Crippen molar-refractivity contribution < 1.29 is 27.1 Å². The van der Waals surface area contributed by atoms with Gasteiger partial charge in [0.2, 0.25) is 16.0 Å². The molecule has 0 aliphatic carbocycles. The van der Waals surface area contributed by atoms with Gasteiger partial charge < -0.3 is 18.6 Å². The van der Waals surface area contributed by atoms with Gasteiger partial charge in [-0.2, -0.15) is 0 Å². The average Bonchev–Trinajstić information content (AvgIpc) is 3.60. The molecule has 1 aromatic carbocycles. The minimum Gasteiger partial charge on any atom is -0.494 e. The Balaban J connectivity index is 1.80. The number of rotatable bonds is 11. The molecule has 2 aromatic heterocycles. The summed E-state index contributed by atoms with van der Waals surface area (Å²) in [4.78, 5) is 8.93. The van der Waals surface area contributed by atoms with E-state index in [-0.39, 0.29) is 16.9 Å². The second kappa shape index (κ2) is 12.3. The number of ether oxygens (including phenoxy) is 3. The molecule has 0 amide bonds. The van der Waals surface area contributed by atoms with E-state index in [2.05, 4.69) is 58.8 Å². The lowest BCUT2D eigenvalue weighted by Gasteiger charge is -2.40. The molecule has 1 N–H and O–H groups in total. The summed E-state index contributed by atoms with van der Waals surface area (Å²) in [6.07, 6.45) is 3.12. The molecule has 1 saturated heterocycles. The predicted octanol–water partition coefficient (Wildman–Crippen LogP) is 4.78. The molecule has 0 radical (unpaired) electrons. The molecule has 1 aliphatic rings. The van der Waals surface area contributed by atoms with Crippen molar-refractivity contribution in [2.24, 2.45) is 0 Å². The van der Waals surface area contributed by atoms with Crippen molar-refractivity contribution >= 4 is 24.3 Å². The summed E-state index contributed by atoms with van der Waals surface area (Å²) in [5.41, 5.74) is 1.34. The van der Waals surface area contributed by atoms with Gasteiger partial charge in [-0.05, 0) is 56.1 Å². The van der Waals surface area contributed by atoms with Crippen molar-refractivity contribution in [3.8, 4) is 17.2 Å². The Bertz CT molecular complexity index is 1460. The van der Waals surface area contributed by atoms with Crippen LogP contribution >= 0.6 is 0 Å². The number of aryl methyl sites for hydroxylation is 1. The maximum Gasteiger partial charge on any atom is 0.243 e. The van der Waals surface area contributed by atoms with E-state index in [1.807, 2.05) is 6.92 Å². The molecular formula is C28H42N6O6SSi. The molecule has 0 bridgehead atoms. The quantitative estimate of drug-likeness (QED) is 0.299. The van der Waals surface area contributed by atoms with Gasteiger partial charge in [0.1, 0.15) is 34.4 Å². The van der Waals surface area contributed by atoms with Crippen LogP contribution in [0.15, 0.2) is 30.6 Å². The van der Waals surface area contributed by atoms with Gasteiger partial charge in [0.05, 0.1) is 20.8 Å². The first kappa shape index (κ1) is 31.9. The zero-order valence-electron chi connectivity index (χ0n) is 25.8. The second-order valence-electron chi connectivity index (χ2n) is 12.1. The molecule has 0 spiro atoms. The highest BCUT2D eigenvalue weighted by Crippen LogP contribution is 2.42. The molecular weight excluding hydrogens is 576 g/mol. The number of methoxy groups -OCH3 is 2. The monoisotopic (exact) mass is 618 g/mol. The molecule has 230 valence electrons. The van der Waals surface area contributed by atoms with Gasteiger partial charge in [-0.3, -0.25) is 9.29 Å². The van der Waals surface area contributed by atoms with Crippen LogP contribution in [0.25, 0.3) is 5.69 Å². The van der Waals surface area contributed by atoms with Crippen LogP contribution in [0, 0.1) is 6.92 Å². The smallest absolute Gasteiger partial charge is 0.243 e. The summed E-state index contributed by atoms with van der Waals surface area (Å²) in [6.45, 7) is 14.9. The average molecular weight is 619 g/mol. The largest absolute Gasteiger partial charge is 0.494 e. The maximum atomic E-state index is 14.1. The molecule has 14 heteroatoms. The topological polar surface area (TPSA) is 140 Å². The van der Waals surface area contributed by atoms with Crippen LogP contribution in [-0.4, -0.2) is 74.2 Å². The van der Waals surface area contributed by atoms with Crippen molar-refractivity contribution in [1.82, 2.24) is 24.7 Å². The van der Waals surface area contributed by atoms with Gasteiger partial charge in [0.15, 0.2) is 14.1 Å². The fraction of sp³-hybridized carbons (Fsp3) is 0.571. The molecule has 4 rings (SSSR count). The van der Waals surface area contributed by atoms with E-state index >= 15 is 0 Å². The van der Waals surface area contributed by atoms with Gasteiger partial charge in [-0.15, -0.1) is 10.2 Å². The maximum absolute atomic E-state index is 14.1. The van der Waals surface area contributed by atoms with Gasteiger partial charge in [0, 0.05) is 24.9 Å². The van der Waals surface area contributed by atoms with Crippen LogP contribution in [0.4, 0.5) is 5.95 Å². The third-order valence-electron chi connectivity index (χ3n) is 8.04. The highest BCUT2D eigenvalue weighted by Gasteiger charge is 2.44. The van der Waals surface area contributed by atoms with E-state index in [1.165, 1.54) is 14.2 Å². The summed E-state index contributed by atoms with van der Waals surface area (Å²) < 4.78 is 56.3. The first-order valence-corrected chi connectivity index (χ1v) is 18.4. The van der Waals surface area contributed by atoms with E-state index in [0.717, 1.165) is 5.56 Å². The number of benzene rings is 1. The number of hydrogen-bond acceptors (Lipinski definition) is 10. The summed E-state index contributed by atoms with van der Waals surface area (Å²) in [5, 5.41) is 7.46. The van der Waals surface area contributed by atoms with Gasteiger partial charge in [0.25, 0.3) is 0 Å². The van der Waals surface area contributed by atoms with Crippen molar-refractivity contribution in [2.75, 3.05) is 32.2 Å². The molecule has 1 fully saturated rings. The Kier molecular flexibility index (Phi) is 9.30. The fourth-order valence-corrected chi connectivity index (χ4v) is 6.89. The number of nitrogens with one attached hydrogen (secondary N) is 1. The highest BCUT2D eigenvalue weighted by molar-refractivity contribution is 7.93. The van der Waals surface area contributed by atoms with E-state index in [0.29, 0.717) is 48.5 Å².